The van der Waals surface area contributed by atoms with Crippen molar-refractivity contribution in [2.45, 2.75) is 50.0 Å². The number of fused-ring (bicyclic) bond motifs is 1. The average molecular weight is 393 g/mol. The van der Waals surface area contributed by atoms with Crippen molar-refractivity contribution in [3.63, 3.8) is 0 Å². The molecule has 0 unspecified atom stereocenters. The molecule has 0 radical (unpaired) electrons. The van der Waals surface area contributed by atoms with Crippen LogP contribution in [0.1, 0.15) is 31.9 Å². The Morgan fingerprint density at radius 1 is 1.15 bits per heavy atom. The fraction of sp³-hybridized carbons (Fsp3) is 0.421. The summed E-state index contributed by atoms with van der Waals surface area (Å²) in [6, 6.07) is 10.3. The second-order valence-corrected chi connectivity index (χ2v) is 10.1. The Morgan fingerprint density at radius 3 is 2.46 bits per heavy atom. The molecule has 0 aliphatic carbocycles. The van der Waals surface area contributed by atoms with Gasteiger partial charge in [-0.1, -0.05) is 44.2 Å². The van der Waals surface area contributed by atoms with Gasteiger partial charge in [-0.25, -0.2) is 8.42 Å². The van der Waals surface area contributed by atoms with Gasteiger partial charge in [0.1, 0.15) is 10.3 Å². The molecule has 26 heavy (non-hydrogen) atoms. The first-order valence-corrected chi connectivity index (χ1v) is 11.0. The predicted molar refractivity (Wildman–Crippen MR) is 103 cm³/mol. The van der Waals surface area contributed by atoms with Crippen molar-refractivity contribution in [3.8, 4) is 0 Å². The molecule has 0 saturated heterocycles. The number of carbonyl (C=O) groups excluding carboxylic acids is 1. The Labute approximate surface area is 159 Å². The maximum absolute atomic E-state index is 13.1. The summed E-state index contributed by atoms with van der Waals surface area (Å²) >= 11 is 1.18. The number of benzene rings is 1. The second-order valence-electron chi connectivity index (χ2n) is 7.01. The molecule has 0 bridgehead atoms. The van der Waals surface area contributed by atoms with Gasteiger partial charge in [-0.05, 0) is 41.8 Å². The zero-order valence-corrected chi connectivity index (χ0v) is 16.8. The Bertz CT molecular complexity index is 876. The molecule has 1 amide bonds. The van der Waals surface area contributed by atoms with E-state index in [1.165, 1.54) is 15.6 Å². The van der Waals surface area contributed by atoms with Crippen LogP contribution in [0.4, 0.5) is 0 Å². The van der Waals surface area contributed by atoms with E-state index in [1.807, 2.05) is 45.0 Å². The summed E-state index contributed by atoms with van der Waals surface area (Å²) in [4.78, 5) is 12.9. The molecule has 1 aliphatic heterocycles. The van der Waals surface area contributed by atoms with Crippen molar-refractivity contribution in [2.24, 2.45) is 5.92 Å². The van der Waals surface area contributed by atoms with Gasteiger partial charge in [0.25, 0.3) is 10.0 Å². The van der Waals surface area contributed by atoms with E-state index in [0.717, 1.165) is 11.1 Å². The van der Waals surface area contributed by atoms with Crippen LogP contribution in [0.3, 0.4) is 0 Å². The molecule has 0 saturated carbocycles. The van der Waals surface area contributed by atoms with Crippen LogP contribution < -0.4 is 5.32 Å². The van der Waals surface area contributed by atoms with Gasteiger partial charge in [-0.3, -0.25) is 4.79 Å². The van der Waals surface area contributed by atoms with Crippen LogP contribution in [0, 0.1) is 5.92 Å². The van der Waals surface area contributed by atoms with E-state index < -0.39 is 16.1 Å². The summed E-state index contributed by atoms with van der Waals surface area (Å²) in [7, 11) is -3.72. The van der Waals surface area contributed by atoms with Crippen molar-refractivity contribution >= 4 is 27.3 Å². The van der Waals surface area contributed by atoms with E-state index in [-0.39, 0.29) is 28.6 Å². The molecular formula is C19H24N2O3S2. The minimum atomic E-state index is -3.72. The molecule has 1 aromatic carbocycles. The maximum atomic E-state index is 13.1. The third-order valence-electron chi connectivity index (χ3n) is 4.94. The molecule has 2 aromatic rings. The number of thiophene rings is 1. The van der Waals surface area contributed by atoms with Gasteiger partial charge in [0.15, 0.2) is 0 Å². The lowest BCUT2D eigenvalue weighted by Gasteiger charge is -2.35. The number of amides is 1. The monoisotopic (exact) mass is 392 g/mol. The highest BCUT2D eigenvalue weighted by Gasteiger charge is 2.40. The fourth-order valence-corrected chi connectivity index (χ4v) is 5.67. The lowest BCUT2D eigenvalue weighted by Crippen LogP contribution is -2.54. The topological polar surface area (TPSA) is 66.5 Å². The summed E-state index contributed by atoms with van der Waals surface area (Å²) in [5.74, 6) is 0.0398. The molecule has 0 fully saturated rings. The Balaban J connectivity index is 1.97. The summed E-state index contributed by atoms with van der Waals surface area (Å²) in [6.45, 7) is 6.21. The van der Waals surface area contributed by atoms with E-state index in [2.05, 4.69) is 5.32 Å². The number of sulfonamides is 1. The van der Waals surface area contributed by atoms with Gasteiger partial charge in [0.05, 0.1) is 0 Å². The smallest absolute Gasteiger partial charge is 0.253 e. The quantitative estimate of drug-likeness (QED) is 0.851. The van der Waals surface area contributed by atoms with Gasteiger partial charge in [-0.15, -0.1) is 11.3 Å². The molecular weight excluding hydrogens is 368 g/mol. The minimum absolute atomic E-state index is 0.0223. The van der Waals surface area contributed by atoms with Crippen molar-refractivity contribution in [1.82, 2.24) is 9.62 Å². The minimum Gasteiger partial charge on any atom is -0.352 e. The van der Waals surface area contributed by atoms with Crippen LogP contribution in [0.5, 0.6) is 0 Å². The Hall–Kier alpha value is -1.70. The third-order valence-corrected chi connectivity index (χ3v) is 8.16. The third kappa shape index (κ3) is 3.70. The van der Waals surface area contributed by atoms with Gasteiger partial charge < -0.3 is 5.32 Å². The first-order valence-electron chi connectivity index (χ1n) is 8.73. The SMILES string of the molecule is CC(C)[C@H](C)NC(=O)[C@@H]1Cc2ccccc2CN1S(=O)(=O)c1cccs1. The number of hydrogen-bond donors (Lipinski definition) is 1. The van der Waals surface area contributed by atoms with Crippen LogP contribution in [-0.4, -0.2) is 30.7 Å². The lowest BCUT2D eigenvalue weighted by atomic mass is 9.95. The molecule has 3 rings (SSSR count). The summed E-state index contributed by atoms with van der Waals surface area (Å²) in [5.41, 5.74) is 1.98. The zero-order valence-electron chi connectivity index (χ0n) is 15.2. The zero-order chi connectivity index (χ0) is 18.9. The molecule has 140 valence electrons. The number of carbonyl (C=O) groups is 1. The highest BCUT2D eigenvalue weighted by molar-refractivity contribution is 7.91. The molecule has 5 nitrogen and oxygen atoms in total. The molecule has 0 spiro atoms. The van der Waals surface area contributed by atoms with Crippen molar-refractivity contribution < 1.29 is 13.2 Å². The maximum Gasteiger partial charge on any atom is 0.253 e. The van der Waals surface area contributed by atoms with E-state index in [1.54, 1.807) is 17.5 Å². The molecule has 1 N–H and O–H groups in total. The van der Waals surface area contributed by atoms with Gasteiger partial charge in [0.2, 0.25) is 5.91 Å². The highest BCUT2D eigenvalue weighted by Crippen LogP contribution is 2.31. The molecule has 1 aromatic heterocycles. The van der Waals surface area contributed by atoms with Gasteiger partial charge in [0, 0.05) is 12.6 Å². The largest absolute Gasteiger partial charge is 0.352 e. The van der Waals surface area contributed by atoms with E-state index in [4.69, 9.17) is 0 Å². The van der Waals surface area contributed by atoms with E-state index in [9.17, 15) is 13.2 Å². The fourth-order valence-electron chi connectivity index (χ4n) is 2.99. The molecule has 7 heteroatoms. The first-order chi connectivity index (χ1) is 12.3. The molecule has 2 heterocycles. The highest BCUT2D eigenvalue weighted by atomic mass is 32.2. The number of nitrogens with one attached hydrogen (secondary N) is 1. The normalized spacial score (nSPS) is 19.2. The summed E-state index contributed by atoms with van der Waals surface area (Å²) in [6.07, 6.45) is 0.386. The van der Waals surface area contributed by atoms with E-state index >= 15 is 0 Å². The Kier molecular flexibility index (Phi) is 5.50. The lowest BCUT2D eigenvalue weighted by molar-refractivity contribution is -0.126. The van der Waals surface area contributed by atoms with Gasteiger partial charge >= 0.3 is 0 Å². The number of hydrogen-bond acceptors (Lipinski definition) is 4. The predicted octanol–water partition coefficient (Wildman–Crippen LogP) is 3.02. The van der Waals surface area contributed by atoms with Crippen LogP contribution in [0.2, 0.25) is 0 Å². The van der Waals surface area contributed by atoms with Crippen molar-refractivity contribution in [3.05, 3.63) is 52.9 Å². The molecule has 1 aliphatic rings. The van der Waals surface area contributed by atoms with Crippen LogP contribution >= 0.6 is 11.3 Å². The van der Waals surface area contributed by atoms with Crippen LogP contribution in [0.25, 0.3) is 0 Å². The second kappa shape index (κ2) is 7.50. The van der Waals surface area contributed by atoms with Crippen LogP contribution in [0.15, 0.2) is 46.0 Å². The average Bonchev–Trinajstić information content (AvgIpc) is 3.15. The van der Waals surface area contributed by atoms with Crippen molar-refractivity contribution in [1.29, 1.82) is 0 Å². The van der Waals surface area contributed by atoms with Crippen molar-refractivity contribution in [2.75, 3.05) is 0 Å². The molecule has 2 atom stereocenters. The van der Waals surface area contributed by atoms with E-state index in [0.29, 0.717) is 6.42 Å². The Morgan fingerprint density at radius 2 is 1.85 bits per heavy atom. The van der Waals surface area contributed by atoms with Crippen LogP contribution in [-0.2, 0) is 27.8 Å². The summed E-state index contributed by atoms with van der Waals surface area (Å²) < 4.78 is 27.9. The van der Waals surface area contributed by atoms with Gasteiger partial charge in [-0.2, -0.15) is 4.31 Å². The number of nitrogens with zero attached hydrogens (tertiary/aromatic N) is 1. The summed E-state index contributed by atoms with van der Waals surface area (Å²) in [5, 5.41) is 4.72. The number of rotatable bonds is 5. The standard InChI is InChI=1S/C19H24N2O3S2/c1-13(2)14(3)20-19(22)17-11-15-7-4-5-8-16(15)12-21(17)26(23,24)18-9-6-10-25-18/h4-10,13-14,17H,11-12H2,1-3H3,(H,20,22)/t14-,17-/m0/s1. The first kappa shape index (κ1) is 19.1.